The van der Waals surface area contributed by atoms with Crippen molar-refractivity contribution >= 4 is 16.9 Å². The van der Waals surface area contributed by atoms with Crippen molar-refractivity contribution in [2.75, 3.05) is 6.54 Å². The lowest BCUT2D eigenvalue weighted by Gasteiger charge is -2.17. The van der Waals surface area contributed by atoms with E-state index in [0.717, 1.165) is 42.7 Å². The minimum atomic E-state index is 0.149. The van der Waals surface area contributed by atoms with Gasteiger partial charge < -0.3 is 9.88 Å². The molecule has 4 nitrogen and oxygen atoms in total. The molecule has 3 rings (SSSR count). The highest BCUT2D eigenvalue weighted by molar-refractivity contribution is 5.79. The van der Waals surface area contributed by atoms with E-state index in [4.69, 9.17) is 0 Å². The van der Waals surface area contributed by atoms with Crippen molar-refractivity contribution < 1.29 is 4.79 Å². The zero-order valence-electron chi connectivity index (χ0n) is 12.4. The normalized spacial score (nSPS) is 18.0. The molecule has 110 valence electrons. The Hall–Kier alpha value is -2.10. The van der Waals surface area contributed by atoms with Crippen LogP contribution in [-0.4, -0.2) is 22.0 Å². The summed E-state index contributed by atoms with van der Waals surface area (Å²) in [6.45, 7) is 3.43. The quantitative estimate of drug-likeness (QED) is 0.877. The fourth-order valence-electron chi connectivity index (χ4n) is 2.95. The number of aromatic nitrogens is 2. The van der Waals surface area contributed by atoms with Crippen LogP contribution in [0.15, 0.2) is 36.4 Å². The summed E-state index contributed by atoms with van der Waals surface area (Å²) in [6.07, 6.45) is 7.13. The van der Waals surface area contributed by atoms with E-state index in [0.29, 0.717) is 6.54 Å². The number of aryl methyl sites for hydroxylation is 1. The molecule has 1 atom stereocenters. The first kappa shape index (κ1) is 13.9. The molecule has 4 heteroatoms. The highest BCUT2D eigenvalue weighted by Crippen LogP contribution is 2.18. The number of amides is 1. The lowest BCUT2D eigenvalue weighted by Crippen LogP contribution is -2.33. The van der Waals surface area contributed by atoms with Crippen LogP contribution in [0.25, 0.3) is 11.0 Å². The number of nitrogens with one attached hydrogen (secondary N) is 1. The molecule has 0 aliphatic heterocycles. The summed E-state index contributed by atoms with van der Waals surface area (Å²) in [5, 5.41) is 3.06. The summed E-state index contributed by atoms with van der Waals surface area (Å²) in [6, 6.07) is 8.11. The van der Waals surface area contributed by atoms with E-state index in [1.165, 1.54) is 0 Å². The second kappa shape index (κ2) is 6.12. The van der Waals surface area contributed by atoms with Crippen molar-refractivity contribution in [3.8, 4) is 0 Å². The molecule has 0 saturated carbocycles. The number of carbonyl (C=O) groups is 1. The molecule has 1 heterocycles. The molecule has 1 aromatic heterocycles. The Kier molecular flexibility index (Phi) is 4.04. The number of carbonyl (C=O) groups excluding carboxylic acids is 1. The van der Waals surface area contributed by atoms with Crippen molar-refractivity contribution in [1.82, 2.24) is 14.9 Å². The molecule has 0 unspecified atom stereocenters. The number of benzene rings is 1. The summed E-state index contributed by atoms with van der Waals surface area (Å²) >= 11 is 0. The first-order chi connectivity index (χ1) is 10.3. The van der Waals surface area contributed by atoms with Gasteiger partial charge in [0.25, 0.3) is 0 Å². The predicted molar refractivity (Wildman–Crippen MR) is 84.0 cm³/mol. The van der Waals surface area contributed by atoms with E-state index in [9.17, 15) is 4.79 Å². The second-order valence-electron chi connectivity index (χ2n) is 5.57. The molecule has 0 saturated heterocycles. The number of para-hydroxylation sites is 2. The molecule has 21 heavy (non-hydrogen) atoms. The predicted octanol–water partition coefficient (Wildman–Crippen LogP) is 2.82. The largest absolute Gasteiger partial charge is 0.354 e. The van der Waals surface area contributed by atoms with Gasteiger partial charge in [-0.3, -0.25) is 4.79 Å². The minimum Gasteiger partial charge on any atom is -0.354 e. The molecule has 1 aliphatic rings. The van der Waals surface area contributed by atoms with Gasteiger partial charge in [-0.05, 0) is 38.3 Å². The van der Waals surface area contributed by atoms with E-state index in [-0.39, 0.29) is 11.8 Å². The standard InChI is InChI=1S/C17H21N3O/c1-13-19-15-9-5-6-10-16(15)20(13)12-11-18-17(21)14-7-3-2-4-8-14/h2-3,5-6,9-10,14H,4,7-8,11-12H2,1H3,(H,18,21)/t14-/m1/s1. The van der Waals surface area contributed by atoms with Crippen molar-refractivity contribution in [2.45, 2.75) is 32.7 Å². The number of allylic oxidation sites excluding steroid dienone is 2. The highest BCUT2D eigenvalue weighted by Gasteiger charge is 2.18. The number of fused-ring (bicyclic) bond motifs is 1. The summed E-state index contributed by atoms with van der Waals surface area (Å²) in [5.41, 5.74) is 2.14. The Bertz CT molecular complexity index is 672. The number of hydrogen-bond acceptors (Lipinski definition) is 2. The van der Waals surface area contributed by atoms with Crippen LogP contribution in [0.3, 0.4) is 0 Å². The first-order valence-electron chi connectivity index (χ1n) is 7.60. The molecule has 0 radical (unpaired) electrons. The van der Waals surface area contributed by atoms with E-state index >= 15 is 0 Å². The third-order valence-corrected chi connectivity index (χ3v) is 4.12. The molecule has 0 bridgehead atoms. The van der Waals surface area contributed by atoms with Gasteiger partial charge >= 0.3 is 0 Å². The molecule has 0 fully saturated rings. The first-order valence-corrected chi connectivity index (χ1v) is 7.60. The van der Waals surface area contributed by atoms with Crippen LogP contribution in [0.4, 0.5) is 0 Å². The topological polar surface area (TPSA) is 46.9 Å². The Labute approximate surface area is 124 Å². The number of hydrogen-bond donors (Lipinski definition) is 1. The van der Waals surface area contributed by atoms with Crippen molar-refractivity contribution in [2.24, 2.45) is 5.92 Å². The summed E-state index contributed by atoms with van der Waals surface area (Å²) < 4.78 is 2.16. The van der Waals surface area contributed by atoms with E-state index in [1.54, 1.807) is 0 Å². The van der Waals surface area contributed by atoms with Crippen LogP contribution >= 0.6 is 0 Å². The molecule has 1 aromatic carbocycles. The summed E-state index contributed by atoms with van der Waals surface area (Å²) in [5.74, 6) is 1.32. The van der Waals surface area contributed by atoms with Crippen LogP contribution in [0.2, 0.25) is 0 Å². The number of rotatable bonds is 4. The highest BCUT2D eigenvalue weighted by atomic mass is 16.1. The Morgan fingerprint density at radius 3 is 3.05 bits per heavy atom. The van der Waals surface area contributed by atoms with Crippen molar-refractivity contribution in [3.63, 3.8) is 0 Å². The zero-order chi connectivity index (χ0) is 14.7. The summed E-state index contributed by atoms with van der Waals surface area (Å²) in [7, 11) is 0. The maximum absolute atomic E-state index is 12.1. The average Bonchev–Trinajstić information content (AvgIpc) is 2.84. The van der Waals surface area contributed by atoms with E-state index in [1.807, 2.05) is 25.1 Å². The minimum absolute atomic E-state index is 0.149. The maximum Gasteiger partial charge on any atom is 0.223 e. The maximum atomic E-state index is 12.1. The van der Waals surface area contributed by atoms with Crippen molar-refractivity contribution in [1.29, 1.82) is 0 Å². The van der Waals surface area contributed by atoms with E-state index < -0.39 is 0 Å². The Morgan fingerprint density at radius 1 is 1.38 bits per heavy atom. The lowest BCUT2D eigenvalue weighted by molar-refractivity contribution is -0.125. The Morgan fingerprint density at radius 2 is 2.24 bits per heavy atom. The van der Waals surface area contributed by atoms with Gasteiger partial charge in [0, 0.05) is 19.0 Å². The fraction of sp³-hybridized carbons (Fsp3) is 0.412. The monoisotopic (exact) mass is 283 g/mol. The zero-order valence-corrected chi connectivity index (χ0v) is 12.4. The fourth-order valence-corrected chi connectivity index (χ4v) is 2.95. The molecular formula is C17H21N3O. The van der Waals surface area contributed by atoms with Crippen LogP contribution < -0.4 is 5.32 Å². The second-order valence-corrected chi connectivity index (χ2v) is 5.57. The third-order valence-electron chi connectivity index (χ3n) is 4.12. The van der Waals surface area contributed by atoms with Gasteiger partial charge in [0.2, 0.25) is 5.91 Å². The summed E-state index contributed by atoms with van der Waals surface area (Å²) in [4.78, 5) is 16.6. The number of imidazole rings is 1. The molecule has 0 spiro atoms. The van der Waals surface area contributed by atoms with Gasteiger partial charge in [-0.2, -0.15) is 0 Å². The lowest BCUT2D eigenvalue weighted by atomic mass is 9.94. The smallest absolute Gasteiger partial charge is 0.223 e. The van der Waals surface area contributed by atoms with Crippen LogP contribution in [-0.2, 0) is 11.3 Å². The van der Waals surface area contributed by atoms with E-state index in [2.05, 4.69) is 33.1 Å². The van der Waals surface area contributed by atoms with Crippen molar-refractivity contribution in [3.05, 3.63) is 42.2 Å². The van der Waals surface area contributed by atoms with Gasteiger partial charge in [-0.15, -0.1) is 0 Å². The van der Waals surface area contributed by atoms with Crippen LogP contribution in [0, 0.1) is 12.8 Å². The third kappa shape index (κ3) is 2.99. The van der Waals surface area contributed by atoms with Gasteiger partial charge in [0.05, 0.1) is 11.0 Å². The molecule has 2 aromatic rings. The van der Waals surface area contributed by atoms with Gasteiger partial charge in [0.1, 0.15) is 5.82 Å². The molecule has 1 aliphatic carbocycles. The van der Waals surface area contributed by atoms with Crippen LogP contribution in [0.1, 0.15) is 25.1 Å². The SMILES string of the molecule is Cc1nc2ccccc2n1CCNC(=O)[C@@H]1CC=CCC1. The van der Waals surface area contributed by atoms with Crippen LogP contribution in [0.5, 0.6) is 0 Å². The molecular weight excluding hydrogens is 262 g/mol. The average molecular weight is 283 g/mol. The molecule has 1 amide bonds. The van der Waals surface area contributed by atoms with Gasteiger partial charge in [0.15, 0.2) is 0 Å². The van der Waals surface area contributed by atoms with Gasteiger partial charge in [-0.1, -0.05) is 24.3 Å². The number of nitrogens with zero attached hydrogens (tertiary/aromatic N) is 2. The Balaban J connectivity index is 1.60. The van der Waals surface area contributed by atoms with Gasteiger partial charge in [-0.25, -0.2) is 4.98 Å². The molecule has 1 N–H and O–H groups in total.